The van der Waals surface area contributed by atoms with Gasteiger partial charge in [-0.25, -0.2) is 28.2 Å². The van der Waals surface area contributed by atoms with Crippen LogP contribution in [0, 0.1) is 0 Å². The van der Waals surface area contributed by atoms with Crippen LogP contribution in [0.25, 0.3) is 17.0 Å². The van der Waals surface area contributed by atoms with Gasteiger partial charge in [-0.2, -0.15) is 5.10 Å². The molecule has 4 heterocycles. The second-order valence-corrected chi connectivity index (χ2v) is 6.75. The molecule has 3 aromatic rings. The highest BCUT2D eigenvalue weighted by atomic mass is 19.3. The van der Waals surface area contributed by atoms with Crippen LogP contribution in [0.2, 0.25) is 0 Å². The van der Waals surface area contributed by atoms with E-state index in [4.69, 9.17) is 4.74 Å². The zero-order chi connectivity index (χ0) is 18.3. The Morgan fingerprint density at radius 1 is 1.19 bits per heavy atom. The Kier molecular flexibility index (Phi) is 4.03. The minimum atomic E-state index is -2.65. The van der Waals surface area contributed by atoms with E-state index in [1.54, 1.807) is 6.20 Å². The molecule has 0 aliphatic carbocycles. The first-order valence-corrected chi connectivity index (χ1v) is 8.26. The summed E-state index contributed by atoms with van der Waals surface area (Å²) in [7, 11) is 0. The molecule has 7 nitrogen and oxygen atoms in total. The van der Waals surface area contributed by atoms with Gasteiger partial charge in [-0.15, -0.1) is 0 Å². The van der Waals surface area contributed by atoms with Crippen LogP contribution in [0.3, 0.4) is 0 Å². The molecule has 0 saturated carbocycles. The molecule has 0 bridgehead atoms. The van der Waals surface area contributed by atoms with Gasteiger partial charge in [0, 0.05) is 12.6 Å². The first-order valence-electron chi connectivity index (χ1n) is 8.26. The molecule has 1 aliphatic rings. The topological polar surface area (TPSA) is 68.4 Å². The number of alkyl halides is 2. The molecule has 0 aromatic carbocycles. The maximum Gasteiger partial charge on any atom is 0.282 e. The molecule has 1 saturated heterocycles. The van der Waals surface area contributed by atoms with Crippen LogP contribution < -0.4 is 4.90 Å². The molecule has 1 aliphatic heterocycles. The summed E-state index contributed by atoms with van der Waals surface area (Å²) in [6.07, 6.45) is 0.394. The summed E-state index contributed by atoms with van der Waals surface area (Å²) in [5.41, 5.74) is 1.09. The maximum atomic E-state index is 13.0. The van der Waals surface area contributed by atoms with E-state index in [1.807, 2.05) is 6.07 Å². The number of anilines is 1. The van der Waals surface area contributed by atoms with Gasteiger partial charge in [-0.1, -0.05) is 0 Å². The summed E-state index contributed by atoms with van der Waals surface area (Å²) in [5.74, 6) is 0.753. The van der Waals surface area contributed by atoms with Crippen molar-refractivity contribution >= 4 is 11.5 Å². The van der Waals surface area contributed by atoms with Crippen molar-refractivity contribution in [1.29, 1.82) is 0 Å². The fraction of sp³-hybridized carbons (Fsp3) is 0.412. The van der Waals surface area contributed by atoms with Crippen molar-refractivity contribution in [2.24, 2.45) is 0 Å². The monoisotopic (exact) mass is 360 g/mol. The van der Waals surface area contributed by atoms with Crippen LogP contribution in [0.4, 0.5) is 14.6 Å². The highest BCUT2D eigenvalue weighted by molar-refractivity contribution is 5.62. The van der Waals surface area contributed by atoms with Gasteiger partial charge in [0.2, 0.25) is 0 Å². The average molecular weight is 360 g/mol. The number of rotatable bonds is 3. The molecule has 26 heavy (non-hydrogen) atoms. The number of fused-ring (bicyclic) bond motifs is 1. The van der Waals surface area contributed by atoms with Gasteiger partial charge in [-0.3, -0.25) is 0 Å². The number of halogens is 2. The second-order valence-electron chi connectivity index (χ2n) is 6.75. The fourth-order valence-corrected chi connectivity index (χ4v) is 3.10. The van der Waals surface area contributed by atoms with Crippen molar-refractivity contribution < 1.29 is 13.5 Å². The van der Waals surface area contributed by atoms with E-state index < -0.39 is 6.43 Å². The molecule has 136 valence electrons. The summed E-state index contributed by atoms with van der Waals surface area (Å²) in [6.45, 7) is 6.10. The Balaban J connectivity index is 1.77. The molecule has 0 radical (unpaired) electrons. The third-order valence-electron chi connectivity index (χ3n) is 4.44. The van der Waals surface area contributed by atoms with Gasteiger partial charge < -0.3 is 9.64 Å². The molecule has 0 atom stereocenters. The van der Waals surface area contributed by atoms with Crippen molar-refractivity contribution in [3.8, 4) is 11.4 Å². The number of hydrogen-bond acceptors (Lipinski definition) is 6. The van der Waals surface area contributed by atoms with E-state index in [-0.39, 0.29) is 11.2 Å². The van der Waals surface area contributed by atoms with Crippen molar-refractivity contribution in [1.82, 2.24) is 24.6 Å². The third kappa shape index (κ3) is 2.88. The van der Waals surface area contributed by atoms with Crippen LogP contribution >= 0.6 is 0 Å². The van der Waals surface area contributed by atoms with Gasteiger partial charge in [0.25, 0.3) is 6.43 Å². The Labute approximate surface area is 148 Å². The molecule has 0 unspecified atom stereocenters. The highest BCUT2D eigenvalue weighted by Gasteiger charge is 2.31. The van der Waals surface area contributed by atoms with Crippen LogP contribution in [0.1, 0.15) is 26.0 Å². The largest absolute Gasteiger partial charge is 0.377 e. The standard InChI is InChI=1S/C17H18F2N6O/c1-17(2)9-26-6-5-24(17)15-7-12(21-10-22-15)13-8-20-14-4-3-11(16(18)19)23-25(13)14/h3-4,7-8,10,16H,5-6,9H2,1-2H3. The quantitative estimate of drug-likeness (QED) is 0.715. The summed E-state index contributed by atoms with van der Waals surface area (Å²) in [4.78, 5) is 15.1. The van der Waals surface area contributed by atoms with E-state index in [0.717, 1.165) is 5.82 Å². The average Bonchev–Trinajstić information content (AvgIpc) is 3.04. The zero-order valence-corrected chi connectivity index (χ0v) is 14.4. The summed E-state index contributed by atoms with van der Waals surface area (Å²) < 4.78 is 32.9. The molecular weight excluding hydrogens is 342 g/mol. The van der Waals surface area contributed by atoms with E-state index in [2.05, 4.69) is 38.8 Å². The first kappa shape index (κ1) is 16.8. The lowest BCUT2D eigenvalue weighted by atomic mass is 10.0. The van der Waals surface area contributed by atoms with Gasteiger partial charge in [-0.05, 0) is 26.0 Å². The normalized spacial score (nSPS) is 17.2. The van der Waals surface area contributed by atoms with Crippen LogP contribution in [0.15, 0.2) is 30.7 Å². The van der Waals surface area contributed by atoms with Gasteiger partial charge in [0.05, 0.1) is 30.6 Å². The Morgan fingerprint density at radius 2 is 2.04 bits per heavy atom. The van der Waals surface area contributed by atoms with E-state index in [9.17, 15) is 8.78 Å². The summed E-state index contributed by atoms with van der Waals surface area (Å²) in [6, 6.07) is 4.62. The second kappa shape index (κ2) is 6.24. The number of hydrogen-bond donors (Lipinski definition) is 0. The minimum Gasteiger partial charge on any atom is -0.377 e. The number of ether oxygens (including phenoxy) is 1. The van der Waals surface area contributed by atoms with Crippen molar-refractivity contribution in [3.05, 3.63) is 36.4 Å². The smallest absolute Gasteiger partial charge is 0.282 e. The fourth-order valence-electron chi connectivity index (χ4n) is 3.10. The Bertz CT molecular complexity index is 942. The Morgan fingerprint density at radius 3 is 2.81 bits per heavy atom. The lowest BCUT2D eigenvalue weighted by Gasteiger charge is -2.42. The SMILES string of the molecule is CC1(C)COCCN1c1cc(-c2cnc3ccc(C(F)F)nn23)ncn1. The van der Waals surface area contributed by atoms with Crippen LogP contribution in [-0.4, -0.2) is 49.9 Å². The van der Waals surface area contributed by atoms with E-state index >= 15 is 0 Å². The number of imidazole rings is 1. The van der Waals surface area contributed by atoms with Crippen LogP contribution in [0.5, 0.6) is 0 Å². The van der Waals surface area contributed by atoms with E-state index in [0.29, 0.717) is 36.8 Å². The minimum absolute atomic E-state index is 0.204. The molecule has 0 spiro atoms. The molecule has 9 heteroatoms. The molecule has 0 amide bonds. The molecular formula is C17H18F2N6O. The third-order valence-corrected chi connectivity index (χ3v) is 4.44. The zero-order valence-electron chi connectivity index (χ0n) is 14.4. The van der Waals surface area contributed by atoms with E-state index in [1.165, 1.54) is 23.0 Å². The predicted octanol–water partition coefficient (Wildman–Crippen LogP) is 2.74. The molecule has 0 N–H and O–H groups in total. The van der Waals surface area contributed by atoms with Crippen molar-refractivity contribution in [3.63, 3.8) is 0 Å². The molecule has 3 aromatic heterocycles. The lowest BCUT2D eigenvalue weighted by molar-refractivity contribution is 0.0639. The maximum absolute atomic E-state index is 13.0. The predicted molar refractivity (Wildman–Crippen MR) is 91.2 cm³/mol. The highest BCUT2D eigenvalue weighted by Crippen LogP contribution is 2.28. The molecule has 1 fully saturated rings. The summed E-state index contributed by atoms with van der Waals surface area (Å²) in [5, 5.41) is 3.99. The van der Waals surface area contributed by atoms with Gasteiger partial charge >= 0.3 is 0 Å². The van der Waals surface area contributed by atoms with Crippen molar-refractivity contribution in [2.75, 3.05) is 24.7 Å². The number of nitrogens with zero attached hydrogens (tertiary/aromatic N) is 6. The lowest BCUT2D eigenvalue weighted by Crippen LogP contribution is -2.53. The Hall–Kier alpha value is -2.68. The van der Waals surface area contributed by atoms with Gasteiger partial charge in [0.1, 0.15) is 23.5 Å². The number of aromatic nitrogens is 5. The summed E-state index contributed by atoms with van der Waals surface area (Å²) >= 11 is 0. The van der Waals surface area contributed by atoms with Gasteiger partial charge in [0.15, 0.2) is 5.65 Å². The first-order chi connectivity index (χ1) is 12.5. The van der Waals surface area contributed by atoms with Crippen molar-refractivity contribution in [2.45, 2.75) is 25.8 Å². The molecule has 4 rings (SSSR count). The number of morpholine rings is 1. The van der Waals surface area contributed by atoms with Crippen LogP contribution in [-0.2, 0) is 4.74 Å².